The molecule has 0 aromatic heterocycles. The van der Waals surface area contributed by atoms with E-state index in [-0.39, 0.29) is 0 Å². The maximum absolute atomic E-state index is 9.90. The first-order chi connectivity index (χ1) is 15.8. The van der Waals surface area contributed by atoms with Gasteiger partial charge in [0.1, 0.15) is 5.78 Å². The van der Waals surface area contributed by atoms with Crippen LogP contribution in [0, 0.1) is 0 Å². The van der Waals surface area contributed by atoms with Crippen molar-refractivity contribution in [3.8, 4) is 0 Å². The first-order valence-electron chi connectivity index (χ1n) is 11.1. The lowest BCUT2D eigenvalue weighted by Crippen LogP contribution is -2.31. The van der Waals surface area contributed by atoms with Crippen LogP contribution in [0.1, 0.15) is 49.7 Å². The first kappa shape index (κ1) is 24.4. The van der Waals surface area contributed by atoms with Crippen LogP contribution in [-0.4, -0.2) is 36.1 Å². The van der Waals surface area contributed by atoms with Gasteiger partial charge in [-0.1, -0.05) is 23.2 Å². The minimum atomic E-state index is -0.848. The molecule has 6 rings (SSSR count). The van der Waals surface area contributed by atoms with Gasteiger partial charge in [-0.2, -0.15) is 0 Å². The summed E-state index contributed by atoms with van der Waals surface area (Å²) in [6.45, 7) is 0.844. The average Bonchev–Trinajstić information content (AvgIpc) is 3.27. The van der Waals surface area contributed by atoms with Crippen molar-refractivity contribution < 1.29 is 24.2 Å². The number of halogens is 2. The van der Waals surface area contributed by atoms with E-state index in [1.807, 2.05) is 12.1 Å². The van der Waals surface area contributed by atoms with Crippen LogP contribution in [0.25, 0.3) is 0 Å². The summed E-state index contributed by atoms with van der Waals surface area (Å²) < 4.78 is 10.1. The van der Waals surface area contributed by atoms with Gasteiger partial charge >= 0.3 is 14.2 Å². The Bertz CT molecular complexity index is 1030. The molecule has 0 unspecified atom stereocenters. The lowest BCUT2D eigenvalue weighted by Gasteiger charge is -2.28. The van der Waals surface area contributed by atoms with Crippen LogP contribution >= 0.6 is 23.2 Å². The molecular formula is C22H26B2Cl2N2O5. The van der Waals surface area contributed by atoms with Gasteiger partial charge in [-0.15, -0.1) is 0 Å². The van der Waals surface area contributed by atoms with Crippen LogP contribution in [0.4, 0.5) is 11.4 Å². The molecule has 2 saturated carbocycles. The van der Waals surface area contributed by atoms with Gasteiger partial charge in [0.2, 0.25) is 0 Å². The number of carbonyl (C=O) groups excluding carboxylic acids is 1. The number of fused-ring (bicyclic) bond motifs is 2. The molecule has 2 heterocycles. The quantitative estimate of drug-likeness (QED) is 0.377. The van der Waals surface area contributed by atoms with Crippen molar-refractivity contribution in [2.75, 3.05) is 11.1 Å². The number of nitrogens with two attached hydrogens (primary N) is 1. The fourth-order valence-corrected chi connectivity index (χ4v) is 4.14. The number of hydrogen-bond donors (Lipinski definition) is 4. The molecule has 0 saturated heterocycles. The zero-order chi connectivity index (χ0) is 23.5. The van der Waals surface area contributed by atoms with E-state index in [1.165, 1.54) is 19.3 Å². The van der Waals surface area contributed by atoms with Gasteiger partial charge in [0.15, 0.2) is 0 Å². The molecule has 174 valence electrons. The monoisotopic (exact) mass is 490 g/mol. The molecular weight excluding hydrogens is 465 g/mol. The lowest BCUT2D eigenvalue weighted by molar-refractivity contribution is -0.123. The number of hydrogen-bond acceptors (Lipinski definition) is 7. The molecule has 4 aliphatic rings. The number of rotatable bonds is 2. The van der Waals surface area contributed by atoms with E-state index in [0.717, 1.165) is 47.0 Å². The predicted octanol–water partition coefficient (Wildman–Crippen LogP) is 2.40. The second-order valence-corrected chi connectivity index (χ2v) is 9.41. The summed E-state index contributed by atoms with van der Waals surface area (Å²) in [5.74, 6) is 0.435. The van der Waals surface area contributed by atoms with Crippen molar-refractivity contribution in [3.63, 3.8) is 0 Å². The number of nitrogens with one attached hydrogen (secondary N) is 1. The molecule has 7 nitrogen and oxygen atoms in total. The van der Waals surface area contributed by atoms with E-state index < -0.39 is 14.2 Å². The third-order valence-electron chi connectivity index (χ3n) is 6.19. The number of Topliss-reactive ketones (excluding diaryl/α,β-unsaturated/α-hetero) is 1. The lowest BCUT2D eigenvalue weighted by atomic mass is 9.79. The number of nitrogen functional groups attached to an aromatic ring is 1. The second kappa shape index (κ2) is 10.7. The Morgan fingerprint density at radius 1 is 0.909 bits per heavy atom. The average molecular weight is 491 g/mol. The largest absolute Gasteiger partial charge is 0.491 e. The third kappa shape index (κ3) is 5.85. The van der Waals surface area contributed by atoms with Crippen LogP contribution in [-0.2, 0) is 27.3 Å². The van der Waals surface area contributed by atoms with Crippen LogP contribution in [0.2, 0.25) is 10.0 Å². The zero-order valence-corrected chi connectivity index (χ0v) is 19.7. The van der Waals surface area contributed by atoms with E-state index in [2.05, 4.69) is 5.32 Å². The molecule has 2 fully saturated rings. The van der Waals surface area contributed by atoms with E-state index in [0.29, 0.717) is 40.8 Å². The Balaban J connectivity index is 0.000000134. The zero-order valence-electron chi connectivity index (χ0n) is 18.2. The topological polar surface area (TPSA) is 114 Å². The minimum absolute atomic E-state index is 0.399. The SMILES string of the molecule is Nc1cc2c(cc1Cl)COB2O.O=C1CCC1.OB1OCc2cc(Cl)c(NC3CCC3)cc21. The molecule has 5 N–H and O–H groups in total. The molecule has 2 aromatic carbocycles. The van der Waals surface area contributed by atoms with Crippen LogP contribution in [0.5, 0.6) is 0 Å². The molecule has 0 amide bonds. The van der Waals surface area contributed by atoms with Crippen LogP contribution in [0.3, 0.4) is 0 Å². The molecule has 2 aliphatic carbocycles. The third-order valence-corrected chi connectivity index (χ3v) is 6.83. The smallest absolute Gasteiger partial charge is 0.423 e. The Morgan fingerprint density at radius 3 is 1.94 bits per heavy atom. The fourth-order valence-electron chi connectivity index (χ4n) is 3.71. The van der Waals surface area contributed by atoms with E-state index >= 15 is 0 Å². The fraction of sp³-hybridized carbons (Fsp3) is 0.409. The van der Waals surface area contributed by atoms with Crippen molar-refractivity contribution in [3.05, 3.63) is 45.4 Å². The van der Waals surface area contributed by atoms with Crippen molar-refractivity contribution in [1.29, 1.82) is 0 Å². The molecule has 2 aliphatic heterocycles. The minimum Gasteiger partial charge on any atom is -0.423 e. The van der Waals surface area contributed by atoms with Crippen molar-refractivity contribution >= 4 is 65.5 Å². The molecule has 0 atom stereocenters. The van der Waals surface area contributed by atoms with Gasteiger partial charge in [-0.25, -0.2) is 0 Å². The summed E-state index contributed by atoms with van der Waals surface area (Å²) in [5, 5.41) is 23.5. The molecule has 0 spiro atoms. The molecule has 0 bridgehead atoms. The molecule has 2 aromatic rings. The van der Waals surface area contributed by atoms with Gasteiger partial charge in [0.05, 0.1) is 28.9 Å². The highest BCUT2D eigenvalue weighted by Gasteiger charge is 2.29. The predicted molar refractivity (Wildman–Crippen MR) is 132 cm³/mol. The summed E-state index contributed by atoms with van der Waals surface area (Å²) in [7, 11) is -1.64. The summed E-state index contributed by atoms with van der Waals surface area (Å²) in [5.41, 5.74) is 10.4. The highest BCUT2D eigenvalue weighted by atomic mass is 35.5. The number of benzene rings is 2. The summed E-state index contributed by atoms with van der Waals surface area (Å²) in [4.78, 5) is 9.90. The van der Waals surface area contributed by atoms with Crippen molar-refractivity contribution in [1.82, 2.24) is 0 Å². The molecule has 11 heteroatoms. The second-order valence-electron chi connectivity index (χ2n) is 8.59. The standard InChI is InChI=1S/C11H13BClNO2.C7H7BClNO2.C4H6O/c13-10-4-7-6-16-12(15)9(7)5-11(10)14-8-2-1-3-8;9-6-1-4-3-12-8(11)5(4)2-7(6)10;5-4-2-1-3-4/h4-5,8,14-15H,1-3,6H2;1-2,11H,3,10H2;1-3H2. The maximum atomic E-state index is 9.90. The van der Waals surface area contributed by atoms with Gasteiger partial charge < -0.3 is 30.4 Å². The number of ketones is 1. The summed E-state index contributed by atoms with van der Waals surface area (Å²) in [6, 6.07) is 7.70. The highest BCUT2D eigenvalue weighted by molar-refractivity contribution is 6.62. The van der Waals surface area contributed by atoms with E-state index in [4.69, 9.17) is 38.2 Å². The number of anilines is 2. The van der Waals surface area contributed by atoms with Crippen LogP contribution in [0.15, 0.2) is 24.3 Å². The summed E-state index contributed by atoms with van der Waals surface area (Å²) in [6.07, 6.45) is 6.52. The summed E-state index contributed by atoms with van der Waals surface area (Å²) >= 11 is 12.0. The Labute approximate surface area is 203 Å². The van der Waals surface area contributed by atoms with E-state index in [9.17, 15) is 14.8 Å². The van der Waals surface area contributed by atoms with Crippen LogP contribution < -0.4 is 22.0 Å². The highest BCUT2D eigenvalue weighted by Crippen LogP contribution is 2.29. The first-order valence-corrected chi connectivity index (χ1v) is 11.8. The molecule has 33 heavy (non-hydrogen) atoms. The van der Waals surface area contributed by atoms with Gasteiger partial charge in [0, 0.05) is 24.6 Å². The van der Waals surface area contributed by atoms with Crippen molar-refractivity contribution in [2.45, 2.75) is 57.8 Å². The Morgan fingerprint density at radius 2 is 1.45 bits per heavy atom. The molecule has 0 radical (unpaired) electrons. The van der Waals surface area contributed by atoms with Gasteiger partial charge in [0.25, 0.3) is 0 Å². The maximum Gasteiger partial charge on any atom is 0.491 e. The normalized spacial score (nSPS) is 18.2. The van der Waals surface area contributed by atoms with Gasteiger partial charge in [-0.3, -0.25) is 4.79 Å². The van der Waals surface area contributed by atoms with E-state index in [1.54, 1.807) is 12.1 Å². The van der Waals surface area contributed by atoms with Gasteiger partial charge in [-0.05, 0) is 72.0 Å². The van der Waals surface area contributed by atoms with Crippen molar-refractivity contribution in [2.24, 2.45) is 0 Å². The Kier molecular flexibility index (Phi) is 7.89. The Hall–Kier alpha value is -1.74. The number of carbonyl (C=O) groups is 1.